The molecule has 7 heteroatoms. The second kappa shape index (κ2) is 8.05. The lowest BCUT2D eigenvalue weighted by atomic mass is 10.0. The largest absolute Gasteiger partial charge is 0.451 e. The van der Waals surface area contributed by atoms with E-state index < -0.39 is 12.0 Å². The Bertz CT molecular complexity index is 433. The van der Waals surface area contributed by atoms with E-state index in [9.17, 15) is 13.2 Å². The van der Waals surface area contributed by atoms with Gasteiger partial charge < -0.3 is 11.1 Å². The van der Waals surface area contributed by atoms with Gasteiger partial charge in [0.1, 0.15) is 11.6 Å². The van der Waals surface area contributed by atoms with Crippen molar-refractivity contribution >= 4 is 11.6 Å². The van der Waals surface area contributed by atoms with Gasteiger partial charge in [0, 0.05) is 12.6 Å². The molecule has 0 amide bonds. The van der Waals surface area contributed by atoms with E-state index in [0.717, 1.165) is 19.3 Å². The van der Waals surface area contributed by atoms with Gasteiger partial charge in [0.25, 0.3) is 0 Å². The summed E-state index contributed by atoms with van der Waals surface area (Å²) in [5.41, 5.74) is 5.36. The first-order chi connectivity index (χ1) is 9.79. The normalized spacial score (nSPS) is 11.9. The third-order valence-corrected chi connectivity index (χ3v) is 3.01. The number of nitrogens with zero attached hydrogens (tertiary/aromatic N) is 2. The third kappa shape index (κ3) is 7.15. The van der Waals surface area contributed by atoms with Crippen LogP contribution in [0.1, 0.15) is 51.8 Å². The number of aromatic nitrogens is 2. The van der Waals surface area contributed by atoms with Gasteiger partial charge >= 0.3 is 6.18 Å². The van der Waals surface area contributed by atoms with E-state index in [2.05, 4.69) is 29.1 Å². The van der Waals surface area contributed by atoms with Gasteiger partial charge in [-0.25, -0.2) is 9.97 Å². The maximum atomic E-state index is 12.5. The van der Waals surface area contributed by atoms with Gasteiger partial charge in [-0.1, -0.05) is 39.5 Å². The van der Waals surface area contributed by atoms with Crippen molar-refractivity contribution in [1.82, 2.24) is 9.97 Å². The first-order valence-corrected chi connectivity index (χ1v) is 7.24. The van der Waals surface area contributed by atoms with Crippen molar-refractivity contribution in [2.75, 3.05) is 17.6 Å². The van der Waals surface area contributed by atoms with Crippen LogP contribution in [0.3, 0.4) is 0 Å². The van der Waals surface area contributed by atoms with Crippen molar-refractivity contribution in [2.45, 2.75) is 52.1 Å². The lowest BCUT2D eigenvalue weighted by Crippen LogP contribution is -2.15. The van der Waals surface area contributed by atoms with E-state index in [1.54, 1.807) is 0 Å². The molecule has 0 saturated carbocycles. The standard InChI is InChI=1S/C14H23F3N4/c1-10(2)7-5-3-4-6-8-19-12-9-11(18)20-13(21-12)14(15,16)17/h9-10H,3-8H2,1-2H3,(H3,18,19,20,21). The zero-order chi connectivity index (χ0) is 15.9. The van der Waals surface area contributed by atoms with Crippen LogP contribution in [0.2, 0.25) is 0 Å². The van der Waals surface area contributed by atoms with Gasteiger partial charge in [-0.2, -0.15) is 13.2 Å². The molecule has 0 fully saturated rings. The maximum Gasteiger partial charge on any atom is 0.451 e. The summed E-state index contributed by atoms with van der Waals surface area (Å²) >= 11 is 0. The Morgan fingerprint density at radius 1 is 1.14 bits per heavy atom. The van der Waals surface area contributed by atoms with E-state index in [-0.39, 0.29) is 11.6 Å². The molecule has 120 valence electrons. The molecule has 1 aromatic heterocycles. The molecule has 0 radical (unpaired) electrons. The van der Waals surface area contributed by atoms with Crippen molar-refractivity contribution in [2.24, 2.45) is 5.92 Å². The van der Waals surface area contributed by atoms with Crippen molar-refractivity contribution < 1.29 is 13.2 Å². The molecule has 0 aromatic carbocycles. The number of hydrogen-bond acceptors (Lipinski definition) is 4. The van der Waals surface area contributed by atoms with E-state index >= 15 is 0 Å². The first-order valence-electron chi connectivity index (χ1n) is 7.24. The number of halogens is 3. The Kier molecular flexibility index (Phi) is 6.71. The van der Waals surface area contributed by atoms with Gasteiger partial charge in [0.15, 0.2) is 0 Å². The van der Waals surface area contributed by atoms with Crippen molar-refractivity contribution in [3.05, 3.63) is 11.9 Å². The van der Waals surface area contributed by atoms with E-state index in [1.165, 1.54) is 18.9 Å². The summed E-state index contributed by atoms with van der Waals surface area (Å²) in [4.78, 5) is 6.63. The molecule has 0 spiro atoms. The number of unbranched alkanes of at least 4 members (excludes halogenated alkanes) is 3. The van der Waals surface area contributed by atoms with Crippen LogP contribution in [0.5, 0.6) is 0 Å². The number of nitrogens with two attached hydrogens (primary N) is 1. The number of hydrogen-bond donors (Lipinski definition) is 2. The summed E-state index contributed by atoms with van der Waals surface area (Å²) < 4.78 is 37.6. The highest BCUT2D eigenvalue weighted by Gasteiger charge is 2.35. The van der Waals surface area contributed by atoms with E-state index in [1.807, 2.05) is 0 Å². The molecule has 4 nitrogen and oxygen atoms in total. The number of nitrogens with one attached hydrogen (secondary N) is 1. The summed E-state index contributed by atoms with van der Waals surface area (Å²) in [6, 6.07) is 1.31. The number of nitrogen functional groups attached to an aromatic ring is 1. The molecule has 0 aliphatic carbocycles. The quantitative estimate of drug-likeness (QED) is 0.710. The molecule has 1 rings (SSSR count). The van der Waals surface area contributed by atoms with Crippen LogP contribution in [-0.4, -0.2) is 16.5 Å². The smallest absolute Gasteiger partial charge is 0.384 e. The topological polar surface area (TPSA) is 63.8 Å². The van der Waals surface area contributed by atoms with Crippen molar-refractivity contribution in [3.8, 4) is 0 Å². The monoisotopic (exact) mass is 304 g/mol. The molecule has 0 atom stereocenters. The van der Waals surface area contributed by atoms with Crippen LogP contribution in [0, 0.1) is 5.92 Å². The summed E-state index contributed by atoms with van der Waals surface area (Å²) in [5, 5.41) is 2.87. The second-order valence-corrected chi connectivity index (χ2v) is 5.52. The second-order valence-electron chi connectivity index (χ2n) is 5.52. The molecule has 0 unspecified atom stereocenters. The number of anilines is 2. The van der Waals surface area contributed by atoms with Crippen molar-refractivity contribution in [1.29, 1.82) is 0 Å². The average Bonchev–Trinajstić information content (AvgIpc) is 2.35. The molecule has 1 aromatic rings. The van der Waals surface area contributed by atoms with Crippen LogP contribution < -0.4 is 11.1 Å². The van der Waals surface area contributed by atoms with Gasteiger partial charge in [0.05, 0.1) is 0 Å². The van der Waals surface area contributed by atoms with Gasteiger partial charge in [-0.05, 0) is 12.3 Å². The minimum Gasteiger partial charge on any atom is -0.384 e. The van der Waals surface area contributed by atoms with E-state index in [0.29, 0.717) is 12.5 Å². The summed E-state index contributed by atoms with van der Waals surface area (Å²) in [7, 11) is 0. The molecular formula is C14H23F3N4. The molecule has 0 aliphatic heterocycles. The molecule has 0 saturated heterocycles. The van der Waals surface area contributed by atoms with Crippen LogP contribution in [0.25, 0.3) is 0 Å². The molecule has 3 N–H and O–H groups in total. The predicted molar refractivity (Wildman–Crippen MR) is 77.9 cm³/mol. The van der Waals surface area contributed by atoms with Crippen LogP contribution in [0.4, 0.5) is 24.8 Å². The summed E-state index contributed by atoms with van der Waals surface area (Å²) in [6.45, 7) is 4.97. The van der Waals surface area contributed by atoms with Gasteiger partial charge in [0.2, 0.25) is 5.82 Å². The van der Waals surface area contributed by atoms with Gasteiger partial charge in [-0.3, -0.25) is 0 Å². The number of rotatable bonds is 8. The fourth-order valence-corrected chi connectivity index (χ4v) is 1.93. The Morgan fingerprint density at radius 3 is 2.43 bits per heavy atom. The van der Waals surface area contributed by atoms with Crippen molar-refractivity contribution in [3.63, 3.8) is 0 Å². The predicted octanol–water partition coefficient (Wildman–Crippen LogP) is 4.10. The van der Waals surface area contributed by atoms with Gasteiger partial charge in [-0.15, -0.1) is 0 Å². The first kappa shape index (κ1) is 17.5. The molecule has 0 aliphatic rings. The molecule has 0 bridgehead atoms. The minimum absolute atomic E-state index is 0.122. The Morgan fingerprint density at radius 2 is 1.81 bits per heavy atom. The molecule has 1 heterocycles. The summed E-state index contributed by atoms with van der Waals surface area (Å²) in [6.07, 6.45) is 0.902. The van der Waals surface area contributed by atoms with Crippen LogP contribution >= 0.6 is 0 Å². The minimum atomic E-state index is -4.58. The van der Waals surface area contributed by atoms with E-state index in [4.69, 9.17) is 5.73 Å². The highest BCUT2D eigenvalue weighted by atomic mass is 19.4. The Labute approximate surface area is 123 Å². The fraction of sp³-hybridized carbons (Fsp3) is 0.714. The maximum absolute atomic E-state index is 12.5. The lowest BCUT2D eigenvalue weighted by Gasteiger charge is -2.10. The average molecular weight is 304 g/mol. The fourth-order valence-electron chi connectivity index (χ4n) is 1.93. The highest BCUT2D eigenvalue weighted by Crippen LogP contribution is 2.27. The number of alkyl halides is 3. The highest BCUT2D eigenvalue weighted by molar-refractivity contribution is 5.44. The SMILES string of the molecule is CC(C)CCCCCCNc1cc(N)nc(C(F)(F)F)n1. The summed E-state index contributed by atoms with van der Waals surface area (Å²) in [5.74, 6) is -0.552. The third-order valence-electron chi connectivity index (χ3n) is 3.01. The van der Waals surface area contributed by atoms with Crippen LogP contribution in [0.15, 0.2) is 6.07 Å². The Hall–Kier alpha value is -1.53. The zero-order valence-corrected chi connectivity index (χ0v) is 12.5. The lowest BCUT2D eigenvalue weighted by molar-refractivity contribution is -0.144. The molecular weight excluding hydrogens is 281 g/mol. The molecule has 21 heavy (non-hydrogen) atoms. The zero-order valence-electron chi connectivity index (χ0n) is 12.5. The van der Waals surface area contributed by atoms with Crippen LogP contribution in [-0.2, 0) is 6.18 Å². The Balaban J connectivity index is 2.34.